The second-order valence-electron chi connectivity index (χ2n) is 3.92. The quantitative estimate of drug-likeness (QED) is 0.698. The number of rotatable bonds is 6. The zero-order chi connectivity index (χ0) is 12.1. The van der Waals surface area contributed by atoms with Crippen LogP contribution in [0, 0.1) is 17.2 Å². The van der Waals surface area contributed by atoms with E-state index in [2.05, 4.69) is 0 Å². The zero-order valence-electron chi connectivity index (χ0n) is 9.90. The van der Waals surface area contributed by atoms with Gasteiger partial charge in [0.05, 0.1) is 6.07 Å². The first-order valence-electron chi connectivity index (χ1n) is 5.28. The van der Waals surface area contributed by atoms with E-state index in [0.717, 1.165) is 0 Å². The fraction of sp³-hybridized carbons (Fsp3) is 0.900. The minimum Gasteiger partial charge on any atom is -0.211 e. The van der Waals surface area contributed by atoms with Crippen LogP contribution in [0.3, 0.4) is 0 Å². The first-order valence-corrected chi connectivity index (χ1v) is 6.78. The summed E-state index contributed by atoms with van der Waals surface area (Å²) in [5.74, 6) is 0.274. The van der Waals surface area contributed by atoms with Crippen molar-refractivity contribution in [2.45, 2.75) is 39.4 Å². The van der Waals surface area contributed by atoms with Crippen LogP contribution in [0.4, 0.5) is 0 Å². The van der Waals surface area contributed by atoms with Crippen LogP contribution in [0.5, 0.6) is 0 Å². The maximum atomic E-state index is 12.0. The van der Waals surface area contributed by atoms with Gasteiger partial charge in [-0.2, -0.15) is 5.26 Å². The summed E-state index contributed by atoms with van der Waals surface area (Å²) in [6.45, 7) is 8.35. The van der Waals surface area contributed by atoms with Crippen LogP contribution >= 0.6 is 0 Å². The zero-order valence-corrected chi connectivity index (χ0v) is 10.7. The van der Waals surface area contributed by atoms with Gasteiger partial charge in [0.15, 0.2) is 5.25 Å². The Morgan fingerprint density at radius 2 is 1.87 bits per heavy atom. The molecule has 0 N–H and O–H groups in total. The van der Waals surface area contributed by atoms with Crippen molar-refractivity contribution >= 4 is 10.0 Å². The second kappa shape index (κ2) is 6.09. The molecule has 1 unspecified atom stereocenters. The summed E-state index contributed by atoms with van der Waals surface area (Å²) in [6, 6.07) is 1.85. The van der Waals surface area contributed by atoms with Crippen LogP contribution in [-0.4, -0.2) is 31.1 Å². The van der Waals surface area contributed by atoms with Crippen LogP contribution in [-0.2, 0) is 10.0 Å². The first-order chi connectivity index (χ1) is 6.89. The highest BCUT2D eigenvalue weighted by Crippen LogP contribution is 2.13. The molecule has 0 aromatic rings. The van der Waals surface area contributed by atoms with Gasteiger partial charge in [0.1, 0.15) is 0 Å². The van der Waals surface area contributed by atoms with Crippen LogP contribution in [0.2, 0.25) is 0 Å². The molecule has 1 atom stereocenters. The molecule has 0 rings (SSSR count). The molecule has 0 aliphatic heterocycles. The molecule has 0 bridgehead atoms. The Balaban J connectivity index is 4.90. The number of hydrogen-bond acceptors (Lipinski definition) is 3. The van der Waals surface area contributed by atoms with Crippen molar-refractivity contribution in [3.8, 4) is 6.07 Å². The predicted octanol–water partition coefficient (Wildman–Crippen LogP) is 1.60. The molecule has 0 aliphatic rings. The fourth-order valence-electron chi connectivity index (χ4n) is 1.37. The molecule has 0 heterocycles. The standard InChI is InChI=1S/C10H20N2O2S/c1-5-10(7-11)15(13,14)12(6-2)8-9(3)4/h9-10H,5-6,8H2,1-4H3. The van der Waals surface area contributed by atoms with E-state index in [0.29, 0.717) is 19.5 Å². The summed E-state index contributed by atoms with van der Waals surface area (Å²) in [4.78, 5) is 0. The lowest BCUT2D eigenvalue weighted by molar-refractivity contribution is 0.377. The molecular formula is C10H20N2O2S. The Kier molecular flexibility index (Phi) is 5.84. The fourth-order valence-corrected chi connectivity index (χ4v) is 3.15. The van der Waals surface area contributed by atoms with Gasteiger partial charge < -0.3 is 0 Å². The third-order valence-corrected chi connectivity index (χ3v) is 4.44. The molecule has 0 fully saturated rings. The van der Waals surface area contributed by atoms with Crippen LogP contribution < -0.4 is 0 Å². The average molecular weight is 232 g/mol. The maximum Gasteiger partial charge on any atom is 0.230 e. The predicted molar refractivity (Wildman–Crippen MR) is 60.7 cm³/mol. The largest absolute Gasteiger partial charge is 0.230 e. The number of nitriles is 1. The monoisotopic (exact) mass is 232 g/mol. The highest BCUT2D eigenvalue weighted by Gasteiger charge is 2.29. The second-order valence-corrected chi connectivity index (χ2v) is 6.03. The van der Waals surface area contributed by atoms with E-state index >= 15 is 0 Å². The van der Waals surface area contributed by atoms with Crippen LogP contribution in [0.15, 0.2) is 0 Å². The molecule has 0 aromatic heterocycles. The van der Waals surface area contributed by atoms with Crippen molar-refractivity contribution < 1.29 is 8.42 Å². The van der Waals surface area contributed by atoms with Gasteiger partial charge >= 0.3 is 0 Å². The van der Waals surface area contributed by atoms with Crippen molar-refractivity contribution in [3.05, 3.63) is 0 Å². The molecule has 15 heavy (non-hydrogen) atoms. The Morgan fingerprint density at radius 1 is 1.33 bits per heavy atom. The van der Waals surface area contributed by atoms with Gasteiger partial charge in [-0.1, -0.05) is 27.7 Å². The van der Waals surface area contributed by atoms with Gasteiger partial charge in [0, 0.05) is 13.1 Å². The minimum atomic E-state index is -3.44. The van der Waals surface area contributed by atoms with Crippen molar-refractivity contribution in [3.63, 3.8) is 0 Å². The summed E-state index contributed by atoms with van der Waals surface area (Å²) < 4.78 is 25.3. The molecule has 0 saturated heterocycles. The first kappa shape index (κ1) is 14.4. The summed E-state index contributed by atoms with van der Waals surface area (Å²) in [5, 5.41) is 7.88. The highest BCUT2D eigenvalue weighted by molar-refractivity contribution is 7.90. The van der Waals surface area contributed by atoms with Crippen molar-refractivity contribution in [1.82, 2.24) is 4.31 Å². The Labute approximate surface area is 92.9 Å². The van der Waals surface area contributed by atoms with E-state index in [9.17, 15) is 8.42 Å². The van der Waals surface area contributed by atoms with Crippen LogP contribution in [0.1, 0.15) is 34.1 Å². The molecular weight excluding hydrogens is 212 g/mol. The topological polar surface area (TPSA) is 61.2 Å². The van der Waals surface area contributed by atoms with Gasteiger partial charge in [0.2, 0.25) is 10.0 Å². The molecule has 0 amide bonds. The number of sulfonamides is 1. The Hall–Kier alpha value is -0.600. The van der Waals surface area contributed by atoms with Crippen molar-refractivity contribution in [1.29, 1.82) is 5.26 Å². The Morgan fingerprint density at radius 3 is 2.13 bits per heavy atom. The molecule has 0 saturated carbocycles. The van der Waals surface area contributed by atoms with Crippen molar-refractivity contribution in [2.75, 3.05) is 13.1 Å². The summed E-state index contributed by atoms with van der Waals surface area (Å²) >= 11 is 0. The van der Waals surface area contributed by atoms with Gasteiger partial charge in [0.25, 0.3) is 0 Å². The summed E-state index contributed by atoms with van der Waals surface area (Å²) in [7, 11) is -3.44. The van der Waals surface area contributed by atoms with E-state index in [4.69, 9.17) is 5.26 Å². The number of hydrogen-bond donors (Lipinski definition) is 0. The van der Waals surface area contributed by atoms with Crippen LogP contribution in [0.25, 0.3) is 0 Å². The van der Waals surface area contributed by atoms with Gasteiger partial charge in [-0.05, 0) is 12.3 Å². The van der Waals surface area contributed by atoms with E-state index in [-0.39, 0.29) is 5.92 Å². The molecule has 4 nitrogen and oxygen atoms in total. The maximum absolute atomic E-state index is 12.0. The lowest BCUT2D eigenvalue weighted by Gasteiger charge is -2.24. The number of nitrogens with zero attached hydrogens (tertiary/aromatic N) is 2. The van der Waals surface area contributed by atoms with E-state index in [1.165, 1.54) is 4.31 Å². The molecule has 0 aliphatic carbocycles. The Bertz CT molecular complexity index is 317. The van der Waals surface area contributed by atoms with E-state index in [1.54, 1.807) is 13.8 Å². The smallest absolute Gasteiger partial charge is 0.211 e. The lowest BCUT2D eigenvalue weighted by Crippen LogP contribution is -2.39. The minimum absolute atomic E-state index is 0.274. The third-order valence-electron chi connectivity index (χ3n) is 2.16. The molecule has 0 aromatic carbocycles. The summed E-state index contributed by atoms with van der Waals surface area (Å²) in [5.41, 5.74) is 0. The highest BCUT2D eigenvalue weighted by atomic mass is 32.2. The van der Waals surface area contributed by atoms with Gasteiger partial charge in [-0.25, -0.2) is 12.7 Å². The SMILES string of the molecule is CCC(C#N)S(=O)(=O)N(CC)CC(C)C. The van der Waals surface area contributed by atoms with E-state index in [1.807, 2.05) is 19.9 Å². The molecule has 5 heteroatoms. The average Bonchev–Trinajstić information content (AvgIpc) is 2.15. The molecule has 0 spiro atoms. The molecule has 88 valence electrons. The van der Waals surface area contributed by atoms with Gasteiger partial charge in [-0.15, -0.1) is 0 Å². The normalized spacial score (nSPS) is 14.2. The molecule has 0 radical (unpaired) electrons. The third kappa shape index (κ3) is 3.80. The van der Waals surface area contributed by atoms with Crippen molar-refractivity contribution in [2.24, 2.45) is 5.92 Å². The van der Waals surface area contributed by atoms with E-state index < -0.39 is 15.3 Å². The summed E-state index contributed by atoms with van der Waals surface area (Å²) in [6.07, 6.45) is 0.341. The van der Waals surface area contributed by atoms with Gasteiger partial charge in [-0.3, -0.25) is 0 Å². The lowest BCUT2D eigenvalue weighted by atomic mass is 10.2.